The van der Waals surface area contributed by atoms with Gasteiger partial charge in [-0.2, -0.15) is 0 Å². The van der Waals surface area contributed by atoms with Crippen molar-refractivity contribution in [2.45, 2.75) is 25.3 Å². The Morgan fingerprint density at radius 3 is 2.47 bits per heavy atom. The first kappa shape index (κ1) is 13.9. The van der Waals surface area contributed by atoms with Crippen LogP contribution in [0.15, 0.2) is 18.2 Å². The third-order valence-corrected chi connectivity index (χ3v) is 2.86. The molecule has 0 bridgehead atoms. The number of benzene rings is 1. The molecule has 1 aromatic rings. The summed E-state index contributed by atoms with van der Waals surface area (Å²) in [6.45, 7) is 3.16. The number of alkyl halides is 1. The standard InChI is InChI=1S/C12H14ClF2NO/c1-7(13)12(17)16(3)8(2)10-6-9(14)4-5-11(10)15/h4-8H,1-3H3. The maximum absolute atomic E-state index is 13.5. The van der Waals surface area contributed by atoms with Crippen LogP contribution in [0.4, 0.5) is 8.78 Å². The Kier molecular flexibility index (Phi) is 4.46. The molecule has 1 amide bonds. The molecule has 0 aliphatic rings. The predicted octanol–water partition coefficient (Wildman–Crippen LogP) is 3.11. The van der Waals surface area contributed by atoms with Crippen LogP contribution >= 0.6 is 11.6 Å². The molecular formula is C12H14ClF2NO. The Labute approximate surface area is 104 Å². The van der Waals surface area contributed by atoms with Gasteiger partial charge in [-0.05, 0) is 32.0 Å². The second-order valence-electron chi connectivity index (χ2n) is 3.91. The van der Waals surface area contributed by atoms with Gasteiger partial charge >= 0.3 is 0 Å². The molecule has 17 heavy (non-hydrogen) atoms. The van der Waals surface area contributed by atoms with E-state index >= 15 is 0 Å². The van der Waals surface area contributed by atoms with E-state index in [2.05, 4.69) is 0 Å². The van der Waals surface area contributed by atoms with Crippen LogP contribution in [0.1, 0.15) is 25.5 Å². The van der Waals surface area contributed by atoms with Gasteiger partial charge in [0.1, 0.15) is 17.0 Å². The van der Waals surface area contributed by atoms with Gasteiger partial charge in [-0.3, -0.25) is 4.79 Å². The molecule has 0 aromatic heterocycles. The summed E-state index contributed by atoms with van der Waals surface area (Å²) in [7, 11) is 1.51. The molecule has 0 saturated heterocycles. The maximum Gasteiger partial charge on any atom is 0.240 e. The van der Waals surface area contributed by atoms with Crippen LogP contribution in [0.3, 0.4) is 0 Å². The Bertz CT molecular complexity index is 423. The number of carbonyl (C=O) groups excluding carboxylic acids is 1. The lowest BCUT2D eigenvalue weighted by atomic mass is 10.1. The summed E-state index contributed by atoms with van der Waals surface area (Å²) in [4.78, 5) is 12.9. The highest BCUT2D eigenvalue weighted by Crippen LogP contribution is 2.23. The van der Waals surface area contributed by atoms with Gasteiger partial charge in [-0.15, -0.1) is 11.6 Å². The van der Waals surface area contributed by atoms with E-state index in [4.69, 9.17) is 11.6 Å². The number of rotatable bonds is 3. The monoisotopic (exact) mass is 261 g/mol. The summed E-state index contributed by atoms with van der Waals surface area (Å²) in [5.41, 5.74) is 0.137. The predicted molar refractivity (Wildman–Crippen MR) is 62.9 cm³/mol. The zero-order chi connectivity index (χ0) is 13.2. The molecule has 1 aromatic carbocycles. The average molecular weight is 262 g/mol. The number of hydrogen-bond acceptors (Lipinski definition) is 1. The van der Waals surface area contributed by atoms with Crippen LogP contribution in [-0.2, 0) is 4.79 Å². The number of amides is 1. The summed E-state index contributed by atoms with van der Waals surface area (Å²) in [6.07, 6.45) is 0. The van der Waals surface area contributed by atoms with E-state index in [1.165, 1.54) is 18.9 Å². The lowest BCUT2D eigenvalue weighted by Gasteiger charge is -2.26. The van der Waals surface area contributed by atoms with Crippen molar-refractivity contribution in [2.24, 2.45) is 0 Å². The maximum atomic E-state index is 13.5. The summed E-state index contributed by atoms with van der Waals surface area (Å²) in [5, 5.41) is -0.695. The van der Waals surface area contributed by atoms with Gasteiger partial charge in [0.25, 0.3) is 0 Å². The lowest BCUT2D eigenvalue weighted by Crippen LogP contribution is -2.34. The van der Waals surface area contributed by atoms with Gasteiger partial charge in [0.2, 0.25) is 5.91 Å². The highest BCUT2D eigenvalue weighted by Gasteiger charge is 2.23. The van der Waals surface area contributed by atoms with E-state index in [-0.39, 0.29) is 11.5 Å². The average Bonchev–Trinajstić information content (AvgIpc) is 2.29. The van der Waals surface area contributed by atoms with Crippen LogP contribution in [0.2, 0.25) is 0 Å². The van der Waals surface area contributed by atoms with Crippen LogP contribution in [0.5, 0.6) is 0 Å². The first-order valence-electron chi connectivity index (χ1n) is 5.20. The highest BCUT2D eigenvalue weighted by atomic mass is 35.5. The molecule has 1 rings (SSSR count). The third kappa shape index (κ3) is 3.16. The Morgan fingerprint density at radius 1 is 1.35 bits per heavy atom. The van der Waals surface area contributed by atoms with Gasteiger partial charge < -0.3 is 4.90 Å². The number of nitrogens with zero attached hydrogens (tertiary/aromatic N) is 1. The molecule has 2 unspecified atom stereocenters. The molecule has 0 aliphatic heterocycles. The van der Waals surface area contributed by atoms with Gasteiger partial charge in [0, 0.05) is 12.6 Å². The quantitative estimate of drug-likeness (QED) is 0.766. The fourth-order valence-electron chi connectivity index (χ4n) is 1.51. The second-order valence-corrected chi connectivity index (χ2v) is 4.56. The SMILES string of the molecule is CC(Cl)C(=O)N(C)C(C)c1cc(F)ccc1F. The Hall–Kier alpha value is -1.16. The summed E-state index contributed by atoms with van der Waals surface area (Å²) >= 11 is 5.67. The Morgan fingerprint density at radius 2 is 1.94 bits per heavy atom. The zero-order valence-electron chi connectivity index (χ0n) is 9.88. The molecular weight excluding hydrogens is 248 g/mol. The minimum atomic E-state index is -0.695. The molecule has 0 N–H and O–H groups in total. The third-order valence-electron chi connectivity index (χ3n) is 2.68. The molecule has 0 saturated carbocycles. The van der Waals surface area contributed by atoms with E-state index < -0.39 is 23.1 Å². The molecule has 0 spiro atoms. The van der Waals surface area contributed by atoms with E-state index in [9.17, 15) is 13.6 Å². The van der Waals surface area contributed by atoms with Crippen molar-refractivity contribution < 1.29 is 13.6 Å². The van der Waals surface area contributed by atoms with E-state index in [0.717, 1.165) is 18.2 Å². The van der Waals surface area contributed by atoms with Crippen LogP contribution in [0, 0.1) is 11.6 Å². The van der Waals surface area contributed by atoms with Gasteiger partial charge in [-0.1, -0.05) is 0 Å². The molecule has 5 heteroatoms. The van der Waals surface area contributed by atoms with Gasteiger partial charge in [0.05, 0.1) is 6.04 Å². The molecule has 0 aliphatic carbocycles. The molecule has 0 heterocycles. The fourth-order valence-corrected chi connectivity index (χ4v) is 1.67. The molecule has 0 fully saturated rings. The van der Waals surface area contributed by atoms with E-state index in [1.54, 1.807) is 6.92 Å². The first-order chi connectivity index (χ1) is 7.84. The minimum Gasteiger partial charge on any atom is -0.338 e. The van der Waals surface area contributed by atoms with Crippen molar-refractivity contribution in [1.82, 2.24) is 4.90 Å². The van der Waals surface area contributed by atoms with Crippen molar-refractivity contribution in [3.8, 4) is 0 Å². The zero-order valence-corrected chi connectivity index (χ0v) is 10.6. The number of carbonyl (C=O) groups is 1. The minimum absolute atomic E-state index is 0.137. The van der Waals surface area contributed by atoms with Crippen molar-refractivity contribution in [1.29, 1.82) is 0 Å². The first-order valence-corrected chi connectivity index (χ1v) is 5.64. The van der Waals surface area contributed by atoms with Gasteiger partial charge in [-0.25, -0.2) is 8.78 Å². The molecule has 2 atom stereocenters. The van der Waals surface area contributed by atoms with Crippen molar-refractivity contribution >= 4 is 17.5 Å². The number of halogens is 3. The Balaban J connectivity index is 2.99. The fraction of sp³-hybridized carbons (Fsp3) is 0.417. The smallest absolute Gasteiger partial charge is 0.240 e. The van der Waals surface area contributed by atoms with Crippen molar-refractivity contribution in [3.63, 3.8) is 0 Å². The topological polar surface area (TPSA) is 20.3 Å². The molecule has 0 radical (unpaired) electrons. The summed E-state index contributed by atoms with van der Waals surface area (Å²) in [5.74, 6) is -1.41. The lowest BCUT2D eigenvalue weighted by molar-refractivity contribution is -0.131. The summed E-state index contributed by atoms with van der Waals surface area (Å²) in [6, 6.07) is 2.60. The molecule has 2 nitrogen and oxygen atoms in total. The summed E-state index contributed by atoms with van der Waals surface area (Å²) < 4.78 is 26.5. The van der Waals surface area contributed by atoms with Crippen molar-refractivity contribution in [3.05, 3.63) is 35.4 Å². The van der Waals surface area contributed by atoms with Gasteiger partial charge in [0.15, 0.2) is 0 Å². The van der Waals surface area contributed by atoms with Crippen LogP contribution in [0.25, 0.3) is 0 Å². The van der Waals surface area contributed by atoms with Crippen LogP contribution < -0.4 is 0 Å². The van der Waals surface area contributed by atoms with E-state index in [0.29, 0.717) is 0 Å². The van der Waals surface area contributed by atoms with E-state index in [1.807, 2.05) is 0 Å². The van der Waals surface area contributed by atoms with Crippen molar-refractivity contribution in [2.75, 3.05) is 7.05 Å². The van der Waals surface area contributed by atoms with Crippen LogP contribution in [-0.4, -0.2) is 23.2 Å². The normalized spacial score (nSPS) is 14.2. The highest BCUT2D eigenvalue weighted by molar-refractivity contribution is 6.30. The largest absolute Gasteiger partial charge is 0.338 e. The molecule has 94 valence electrons. The number of hydrogen-bond donors (Lipinski definition) is 0. The second kappa shape index (κ2) is 5.45.